The zero-order valence-electron chi connectivity index (χ0n) is 37.1. The van der Waals surface area contributed by atoms with Crippen LogP contribution in [0.15, 0.2) is 105 Å². The van der Waals surface area contributed by atoms with E-state index in [-0.39, 0.29) is 6.61 Å². The van der Waals surface area contributed by atoms with Gasteiger partial charge < -0.3 is 10.2 Å². The van der Waals surface area contributed by atoms with Gasteiger partial charge in [-0.2, -0.15) is 0 Å². The van der Waals surface area contributed by atoms with Crippen molar-refractivity contribution in [2.75, 3.05) is 13.2 Å². The Balaban J connectivity index is -0.000000300. The first-order chi connectivity index (χ1) is 23.9. The maximum Gasteiger partial charge on any atom is 0.0614 e. The Morgan fingerprint density at radius 3 is 0.902 bits per heavy atom. The standard InChI is InChI=1S/2C15H26.C14H26O.C5H10O/c2*1-6-14(4)10-8-12-15(5)11-7-9-13(2)3;1-12(2)7-5-8-13(3)9-6-10-14(4)11-15;1-5(2)3-4-6/h2*6,9,12H,7-8,10-11H2,1-5H3;7,9,14-15H,5-6,8,10-11H2,1-4H3;3,6H,4H2,1-2H3/b14-6+,15-12+;14-6-,15-12-;13-9+;. The molecule has 2 heteroatoms. The van der Waals surface area contributed by atoms with E-state index in [2.05, 4.69) is 146 Å². The molecule has 0 aliphatic carbocycles. The van der Waals surface area contributed by atoms with E-state index in [9.17, 15) is 0 Å². The van der Waals surface area contributed by atoms with Crippen molar-refractivity contribution >= 4 is 0 Å². The summed E-state index contributed by atoms with van der Waals surface area (Å²) in [6.45, 7) is 34.7. The van der Waals surface area contributed by atoms with Crippen LogP contribution in [-0.4, -0.2) is 23.4 Å². The molecule has 1 unspecified atom stereocenters. The van der Waals surface area contributed by atoms with Crippen molar-refractivity contribution in [3.8, 4) is 0 Å². The summed E-state index contributed by atoms with van der Waals surface area (Å²) in [5.74, 6) is 0.437. The van der Waals surface area contributed by atoms with Gasteiger partial charge in [-0.15, -0.1) is 0 Å². The molecule has 0 aromatic rings. The summed E-state index contributed by atoms with van der Waals surface area (Å²) < 4.78 is 0. The van der Waals surface area contributed by atoms with Gasteiger partial charge in [-0.3, -0.25) is 0 Å². The normalized spacial score (nSPS) is 12.5. The molecule has 2 N–H and O–H groups in total. The van der Waals surface area contributed by atoms with E-state index in [1.165, 1.54) is 102 Å². The van der Waals surface area contributed by atoms with E-state index in [0.717, 1.165) is 24.8 Å². The van der Waals surface area contributed by atoms with Gasteiger partial charge in [0.05, 0.1) is 6.61 Å². The first-order valence-corrected chi connectivity index (χ1v) is 19.9. The summed E-state index contributed by atoms with van der Waals surface area (Å²) >= 11 is 0. The molecule has 0 fully saturated rings. The van der Waals surface area contributed by atoms with E-state index in [1.807, 2.05) is 13.8 Å². The fourth-order valence-corrected chi connectivity index (χ4v) is 4.34. The van der Waals surface area contributed by atoms with Gasteiger partial charge in [-0.1, -0.05) is 112 Å². The molecule has 0 aliphatic rings. The Hall–Kier alpha value is -2.42. The molecule has 0 aromatic carbocycles. The zero-order valence-corrected chi connectivity index (χ0v) is 37.1. The van der Waals surface area contributed by atoms with Crippen molar-refractivity contribution < 1.29 is 10.2 Å². The van der Waals surface area contributed by atoms with E-state index in [0.29, 0.717) is 12.5 Å². The molecular weight excluding hydrogens is 621 g/mol. The predicted octanol–water partition coefficient (Wildman–Crippen LogP) is 15.9. The minimum atomic E-state index is 0.169. The molecule has 0 bridgehead atoms. The third kappa shape index (κ3) is 54.5. The quantitative estimate of drug-likeness (QED) is 0.124. The molecule has 0 saturated carbocycles. The monoisotopic (exact) mass is 709 g/mol. The summed E-state index contributed by atoms with van der Waals surface area (Å²) in [4.78, 5) is 0. The van der Waals surface area contributed by atoms with Crippen LogP contribution < -0.4 is 0 Å². The van der Waals surface area contributed by atoms with Crippen LogP contribution in [0, 0.1) is 5.92 Å². The molecule has 0 amide bonds. The minimum absolute atomic E-state index is 0.169. The van der Waals surface area contributed by atoms with Crippen LogP contribution in [0.2, 0.25) is 0 Å². The number of aliphatic hydroxyl groups is 2. The molecular formula is C49H88O2. The van der Waals surface area contributed by atoms with Crippen LogP contribution in [0.4, 0.5) is 0 Å². The highest BCUT2D eigenvalue weighted by Crippen LogP contribution is 2.13. The van der Waals surface area contributed by atoms with Crippen molar-refractivity contribution in [2.24, 2.45) is 5.92 Å². The summed E-state index contributed by atoms with van der Waals surface area (Å²) in [5, 5.41) is 17.0. The second-order valence-electron chi connectivity index (χ2n) is 15.3. The highest BCUT2D eigenvalue weighted by Gasteiger charge is 1.97. The zero-order chi connectivity index (χ0) is 40.0. The fraction of sp³-hybridized carbons (Fsp3) is 0.633. The average Bonchev–Trinajstić information content (AvgIpc) is 3.04. The van der Waals surface area contributed by atoms with Crippen molar-refractivity contribution in [1.29, 1.82) is 0 Å². The molecule has 0 aliphatic heterocycles. The summed E-state index contributed by atoms with van der Waals surface area (Å²) in [6.07, 6.45) is 34.2. The lowest BCUT2D eigenvalue weighted by Gasteiger charge is -2.05. The van der Waals surface area contributed by atoms with E-state index >= 15 is 0 Å². The Morgan fingerprint density at radius 1 is 0.392 bits per heavy atom. The van der Waals surface area contributed by atoms with Crippen molar-refractivity contribution in [3.05, 3.63) is 105 Å². The lowest BCUT2D eigenvalue weighted by Crippen LogP contribution is -1.99. The number of rotatable bonds is 20. The van der Waals surface area contributed by atoms with Gasteiger partial charge in [0, 0.05) is 6.61 Å². The third-order valence-corrected chi connectivity index (χ3v) is 8.29. The number of hydrogen-bond acceptors (Lipinski definition) is 2. The maximum atomic E-state index is 8.87. The van der Waals surface area contributed by atoms with Crippen LogP contribution in [0.3, 0.4) is 0 Å². The van der Waals surface area contributed by atoms with Crippen molar-refractivity contribution in [1.82, 2.24) is 0 Å². The Bertz CT molecular complexity index is 1040. The Kier molecular flexibility index (Phi) is 43.8. The van der Waals surface area contributed by atoms with Crippen LogP contribution in [0.25, 0.3) is 0 Å². The van der Waals surface area contributed by atoms with Crippen molar-refractivity contribution in [3.63, 3.8) is 0 Å². The highest BCUT2D eigenvalue weighted by atomic mass is 16.3. The molecule has 0 rings (SSSR count). The second kappa shape index (κ2) is 40.4. The summed E-state index contributed by atoms with van der Waals surface area (Å²) in [7, 11) is 0. The minimum Gasteiger partial charge on any atom is -0.396 e. The maximum absolute atomic E-state index is 8.87. The molecule has 0 aromatic heterocycles. The van der Waals surface area contributed by atoms with Crippen molar-refractivity contribution in [2.45, 2.75) is 188 Å². The van der Waals surface area contributed by atoms with Gasteiger partial charge in [0.25, 0.3) is 0 Å². The summed E-state index contributed by atoms with van der Waals surface area (Å²) in [5.41, 5.74) is 12.9. The van der Waals surface area contributed by atoms with Gasteiger partial charge in [0.15, 0.2) is 0 Å². The number of aliphatic hydroxyl groups excluding tert-OH is 2. The first kappa shape index (κ1) is 55.3. The molecule has 0 spiro atoms. The third-order valence-electron chi connectivity index (χ3n) is 8.29. The molecule has 1 atom stereocenters. The second-order valence-corrected chi connectivity index (χ2v) is 15.3. The molecule has 51 heavy (non-hydrogen) atoms. The first-order valence-electron chi connectivity index (χ1n) is 19.9. The number of allylic oxidation sites excluding steroid dienone is 17. The Morgan fingerprint density at radius 2 is 0.667 bits per heavy atom. The van der Waals surface area contributed by atoms with Gasteiger partial charge in [-0.05, 0) is 187 Å². The van der Waals surface area contributed by atoms with Crippen LogP contribution >= 0.6 is 0 Å². The van der Waals surface area contributed by atoms with Crippen LogP contribution in [0.5, 0.6) is 0 Å². The Labute approximate surface area is 321 Å². The summed E-state index contributed by atoms with van der Waals surface area (Å²) in [6, 6.07) is 0. The SMILES string of the molecule is C/C=C(/C)CC/C=C(/C)CCC=C(C)C.C/C=C(\C)CC/C=C(\C)CCC=C(C)C.CC(C)=CCC/C(C)=C/CCC(C)CO.CC(C)=CCO. The molecule has 296 valence electrons. The smallest absolute Gasteiger partial charge is 0.0614 e. The van der Waals surface area contributed by atoms with E-state index < -0.39 is 0 Å². The molecule has 0 heterocycles. The van der Waals surface area contributed by atoms with E-state index in [1.54, 1.807) is 6.08 Å². The topological polar surface area (TPSA) is 40.5 Å². The van der Waals surface area contributed by atoms with Crippen LogP contribution in [-0.2, 0) is 0 Å². The predicted molar refractivity (Wildman–Crippen MR) is 237 cm³/mol. The lowest BCUT2D eigenvalue weighted by atomic mass is 10.0. The van der Waals surface area contributed by atoms with E-state index in [4.69, 9.17) is 10.2 Å². The van der Waals surface area contributed by atoms with Gasteiger partial charge in [0.1, 0.15) is 0 Å². The van der Waals surface area contributed by atoms with Gasteiger partial charge >= 0.3 is 0 Å². The number of hydrogen-bond donors (Lipinski definition) is 2. The molecule has 2 nitrogen and oxygen atoms in total. The fourth-order valence-electron chi connectivity index (χ4n) is 4.34. The highest BCUT2D eigenvalue weighted by molar-refractivity contribution is 5.06. The van der Waals surface area contributed by atoms with Gasteiger partial charge in [0.2, 0.25) is 0 Å². The molecule has 0 radical (unpaired) electrons. The largest absolute Gasteiger partial charge is 0.396 e. The lowest BCUT2D eigenvalue weighted by molar-refractivity contribution is 0.231. The average molecular weight is 709 g/mol. The molecule has 0 saturated heterocycles. The van der Waals surface area contributed by atoms with Crippen LogP contribution in [0.1, 0.15) is 188 Å². The van der Waals surface area contributed by atoms with Gasteiger partial charge in [-0.25, -0.2) is 0 Å².